The molecule has 2 unspecified atom stereocenters. The average molecular weight is 339 g/mol. The number of halogens is 1. The normalized spacial score (nSPS) is 13.2. The van der Waals surface area contributed by atoms with E-state index < -0.39 is 6.10 Å². The lowest BCUT2D eigenvalue weighted by atomic mass is 10.1. The molecule has 0 heterocycles. The number of hydrogen-bond donors (Lipinski definition) is 2. The molecule has 1 aromatic carbocycles. The Labute approximate surface area is 128 Å². The molecule has 4 nitrogen and oxygen atoms in total. The first-order chi connectivity index (χ1) is 9.49. The van der Waals surface area contributed by atoms with Crippen LogP contribution in [0.15, 0.2) is 22.7 Å². The standard InChI is InChI=1S/C15H19BrN2O2/c1-5-8-18-15(19)11(3)20-14-9-12(16)6-7-13(14)10(2)17-4/h1,6-7,9-11,17H,8H2,2-4H3,(H,18,19). The summed E-state index contributed by atoms with van der Waals surface area (Å²) in [4.78, 5) is 11.8. The Kier molecular flexibility index (Phi) is 6.56. The van der Waals surface area contributed by atoms with Crippen LogP contribution in [0.4, 0.5) is 0 Å². The number of ether oxygens (including phenoxy) is 1. The minimum absolute atomic E-state index is 0.124. The third-order valence-electron chi connectivity index (χ3n) is 2.91. The van der Waals surface area contributed by atoms with Gasteiger partial charge >= 0.3 is 0 Å². The van der Waals surface area contributed by atoms with Crippen molar-refractivity contribution in [2.45, 2.75) is 26.0 Å². The van der Waals surface area contributed by atoms with Crippen molar-refractivity contribution in [3.8, 4) is 18.1 Å². The maximum absolute atomic E-state index is 11.8. The molecule has 0 saturated carbocycles. The number of carbonyl (C=O) groups is 1. The summed E-state index contributed by atoms with van der Waals surface area (Å²) in [5, 5.41) is 5.76. The summed E-state index contributed by atoms with van der Waals surface area (Å²) in [6.07, 6.45) is 4.50. The first-order valence-corrected chi connectivity index (χ1v) is 7.13. The number of carbonyl (C=O) groups excluding carboxylic acids is 1. The number of benzene rings is 1. The fourth-order valence-corrected chi connectivity index (χ4v) is 1.99. The first-order valence-electron chi connectivity index (χ1n) is 6.34. The van der Waals surface area contributed by atoms with Gasteiger partial charge in [0.1, 0.15) is 5.75 Å². The summed E-state index contributed by atoms with van der Waals surface area (Å²) in [7, 11) is 1.87. The van der Waals surface area contributed by atoms with E-state index in [0.717, 1.165) is 10.0 Å². The van der Waals surface area contributed by atoms with Gasteiger partial charge in [0.05, 0.1) is 6.54 Å². The van der Waals surface area contributed by atoms with Gasteiger partial charge in [0.15, 0.2) is 6.10 Å². The van der Waals surface area contributed by atoms with Crippen molar-refractivity contribution in [2.24, 2.45) is 0 Å². The average Bonchev–Trinajstić information content (AvgIpc) is 2.44. The highest BCUT2D eigenvalue weighted by Crippen LogP contribution is 2.29. The Hall–Kier alpha value is -1.51. The van der Waals surface area contributed by atoms with Gasteiger partial charge in [-0.15, -0.1) is 6.42 Å². The van der Waals surface area contributed by atoms with Crippen molar-refractivity contribution in [2.75, 3.05) is 13.6 Å². The van der Waals surface area contributed by atoms with Crippen LogP contribution in [-0.4, -0.2) is 25.6 Å². The van der Waals surface area contributed by atoms with E-state index in [1.165, 1.54) is 0 Å². The van der Waals surface area contributed by atoms with Gasteiger partial charge in [-0.1, -0.05) is 27.9 Å². The Bertz CT molecular complexity index is 511. The quantitative estimate of drug-likeness (QED) is 0.782. The summed E-state index contributed by atoms with van der Waals surface area (Å²) in [6, 6.07) is 5.89. The second-order valence-corrected chi connectivity index (χ2v) is 5.29. The fraction of sp³-hybridized carbons (Fsp3) is 0.400. The first kappa shape index (κ1) is 16.5. The lowest BCUT2D eigenvalue weighted by Crippen LogP contribution is -2.36. The zero-order valence-corrected chi connectivity index (χ0v) is 13.5. The predicted octanol–water partition coefficient (Wildman–Crippen LogP) is 2.25. The molecular weight excluding hydrogens is 320 g/mol. The van der Waals surface area contributed by atoms with E-state index in [4.69, 9.17) is 11.2 Å². The third kappa shape index (κ3) is 4.55. The van der Waals surface area contributed by atoms with Gasteiger partial charge in [-0.2, -0.15) is 0 Å². The van der Waals surface area contributed by atoms with Crippen molar-refractivity contribution in [3.63, 3.8) is 0 Å². The highest BCUT2D eigenvalue weighted by Gasteiger charge is 2.17. The summed E-state index contributed by atoms with van der Waals surface area (Å²) < 4.78 is 6.66. The number of rotatable bonds is 6. The summed E-state index contributed by atoms with van der Waals surface area (Å²) >= 11 is 3.41. The molecule has 0 bridgehead atoms. The van der Waals surface area contributed by atoms with E-state index in [-0.39, 0.29) is 18.5 Å². The van der Waals surface area contributed by atoms with E-state index in [1.54, 1.807) is 6.92 Å². The minimum atomic E-state index is -0.611. The molecule has 1 aromatic rings. The molecule has 0 saturated heterocycles. The maximum Gasteiger partial charge on any atom is 0.261 e. The zero-order chi connectivity index (χ0) is 15.1. The van der Waals surface area contributed by atoms with Gasteiger partial charge in [-0.25, -0.2) is 0 Å². The van der Waals surface area contributed by atoms with Crippen LogP contribution in [0.3, 0.4) is 0 Å². The lowest BCUT2D eigenvalue weighted by molar-refractivity contribution is -0.127. The van der Waals surface area contributed by atoms with E-state index in [2.05, 4.69) is 32.5 Å². The van der Waals surface area contributed by atoms with Gasteiger partial charge < -0.3 is 15.4 Å². The summed E-state index contributed by atoms with van der Waals surface area (Å²) in [5.41, 5.74) is 0.993. The number of terminal acetylenes is 1. The topological polar surface area (TPSA) is 50.4 Å². The fourth-order valence-electron chi connectivity index (χ4n) is 1.65. The van der Waals surface area contributed by atoms with Gasteiger partial charge in [0, 0.05) is 16.1 Å². The van der Waals surface area contributed by atoms with Crippen LogP contribution in [0.5, 0.6) is 5.75 Å². The van der Waals surface area contributed by atoms with Crippen LogP contribution in [-0.2, 0) is 4.79 Å². The SMILES string of the molecule is C#CCNC(=O)C(C)Oc1cc(Br)ccc1C(C)NC. The number of nitrogens with one attached hydrogen (secondary N) is 2. The molecule has 20 heavy (non-hydrogen) atoms. The molecule has 0 aliphatic heterocycles. The van der Waals surface area contributed by atoms with Crippen molar-refractivity contribution in [1.29, 1.82) is 0 Å². The Morgan fingerprint density at radius 3 is 2.80 bits per heavy atom. The molecule has 0 aliphatic carbocycles. The Morgan fingerprint density at radius 2 is 2.20 bits per heavy atom. The van der Waals surface area contributed by atoms with Gasteiger partial charge in [0.2, 0.25) is 0 Å². The van der Waals surface area contributed by atoms with Crippen molar-refractivity contribution < 1.29 is 9.53 Å². The molecular formula is C15H19BrN2O2. The maximum atomic E-state index is 11.8. The van der Waals surface area contributed by atoms with Gasteiger partial charge in [-0.3, -0.25) is 4.79 Å². The van der Waals surface area contributed by atoms with Crippen LogP contribution < -0.4 is 15.4 Å². The van der Waals surface area contributed by atoms with E-state index in [1.807, 2.05) is 32.2 Å². The van der Waals surface area contributed by atoms with Crippen molar-refractivity contribution in [1.82, 2.24) is 10.6 Å². The molecule has 0 aliphatic rings. The molecule has 2 N–H and O–H groups in total. The molecule has 5 heteroatoms. The molecule has 0 fully saturated rings. The predicted molar refractivity (Wildman–Crippen MR) is 83.5 cm³/mol. The smallest absolute Gasteiger partial charge is 0.261 e. The van der Waals surface area contributed by atoms with Crippen LogP contribution in [0.2, 0.25) is 0 Å². The summed E-state index contributed by atoms with van der Waals surface area (Å²) in [5.74, 6) is 2.80. The van der Waals surface area contributed by atoms with E-state index in [0.29, 0.717) is 5.75 Å². The minimum Gasteiger partial charge on any atom is -0.481 e. The molecule has 0 radical (unpaired) electrons. The Balaban J connectivity index is 2.88. The van der Waals surface area contributed by atoms with Gasteiger partial charge in [0.25, 0.3) is 5.91 Å². The Morgan fingerprint density at radius 1 is 1.50 bits per heavy atom. The second kappa shape index (κ2) is 7.93. The molecule has 108 valence electrons. The monoisotopic (exact) mass is 338 g/mol. The molecule has 1 rings (SSSR count). The number of hydrogen-bond acceptors (Lipinski definition) is 3. The van der Waals surface area contributed by atoms with E-state index in [9.17, 15) is 4.79 Å². The highest BCUT2D eigenvalue weighted by atomic mass is 79.9. The number of amides is 1. The zero-order valence-electron chi connectivity index (χ0n) is 11.9. The highest BCUT2D eigenvalue weighted by molar-refractivity contribution is 9.10. The van der Waals surface area contributed by atoms with Gasteiger partial charge in [-0.05, 0) is 33.0 Å². The van der Waals surface area contributed by atoms with E-state index >= 15 is 0 Å². The molecule has 0 aromatic heterocycles. The third-order valence-corrected chi connectivity index (χ3v) is 3.41. The molecule has 2 atom stereocenters. The van der Waals surface area contributed by atoms with Crippen molar-refractivity contribution >= 4 is 21.8 Å². The summed E-state index contributed by atoms with van der Waals surface area (Å²) in [6.45, 7) is 3.92. The van der Waals surface area contributed by atoms with Crippen LogP contribution in [0.1, 0.15) is 25.5 Å². The molecule has 1 amide bonds. The van der Waals surface area contributed by atoms with Crippen LogP contribution >= 0.6 is 15.9 Å². The largest absolute Gasteiger partial charge is 0.481 e. The lowest BCUT2D eigenvalue weighted by Gasteiger charge is -2.20. The van der Waals surface area contributed by atoms with Crippen molar-refractivity contribution in [3.05, 3.63) is 28.2 Å². The van der Waals surface area contributed by atoms with Crippen LogP contribution in [0.25, 0.3) is 0 Å². The molecule has 0 spiro atoms. The second-order valence-electron chi connectivity index (χ2n) is 4.37. The van der Waals surface area contributed by atoms with Crippen LogP contribution in [0, 0.1) is 12.3 Å².